The van der Waals surface area contributed by atoms with E-state index in [2.05, 4.69) is 10.3 Å². The molecule has 1 saturated heterocycles. The number of piperidine rings is 1. The lowest BCUT2D eigenvalue weighted by molar-refractivity contribution is -0.125. The predicted octanol–water partition coefficient (Wildman–Crippen LogP) is -0.483. The number of aliphatic hydroxyl groups excluding tert-OH is 1. The van der Waals surface area contributed by atoms with Crippen LogP contribution in [0.1, 0.15) is 18.5 Å². The van der Waals surface area contributed by atoms with Crippen LogP contribution in [0, 0.1) is 0 Å². The number of hydrogen-bond donors (Lipinski definition) is 3. The zero-order chi connectivity index (χ0) is 14.4. The Morgan fingerprint density at radius 1 is 1.50 bits per heavy atom. The summed E-state index contributed by atoms with van der Waals surface area (Å²) in [6, 6.07) is 5.56. The minimum atomic E-state index is -1.07. The van der Waals surface area contributed by atoms with Crippen LogP contribution in [-0.4, -0.2) is 57.8 Å². The summed E-state index contributed by atoms with van der Waals surface area (Å²) in [5, 5.41) is 22.0. The molecule has 6 heteroatoms. The van der Waals surface area contributed by atoms with Gasteiger partial charge < -0.3 is 15.5 Å². The lowest BCUT2D eigenvalue weighted by Gasteiger charge is -2.37. The van der Waals surface area contributed by atoms with E-state index in [0.717, 1.165) is 18.7 Å². The Labute approximate surface area is 118 Å². The third-order valence-corrected chi connectivity index (χ3v) is 3.49. The molecule has 110 valence electrons. The van der Waals surface area contributed by atoms with Crippen molar-refractivity contribution in [1.29, 1.82) is 0 Å². The van der Waals surface area contributed by atoms with Crippen molar-refractivity contribution in [2.75, 3.05) is 26.2 Å². The van der Waals surface area contributed by atoms with Gasteiger partial charge in [-0.15, -0.1) is 0 Å². The molecule has 1 fully saturated rings. The molecule has 6 nitrogen and oxygen atoms in total. The van der Waals surface area contributed by atoms with Crippen molar-refractivity contribution >= 4 is 5.91 Å². The van der Waals surface area contributed by atoms with Crippen LogP contribution < -0.4 is 5.32 Å². The molecule has 2 heterocycles. The first kappa shape index (κ1) is 14.9. The molecule has 0 saturated carbocycles. The van der Waals surface area contributed by atoms with Crippen molar-refractivity contribution in [3.05, 3.63) is 30.1 Å². The average Bonchev–Trinajstić information content (AvgIpc) is 2.46. The lowest BCUT2D eigenvalue weighted by Crippen LogP contribution is -2.52. The number of hydrogen-bond acceptors (Lipinski definition) is 5. The average molecular weight is 279 g/mol. The first-order valence-corrected chi connectivity index (χ1v) is 6.83. The zero-order valence-corrected chi connectivity index (χ0v) is 11.5. The Balaban J connectivity index is 1.77. The number of pyridine rings is 1. The van der Waals surface area contributed by atoms with E-state index in [-0.39, 0.29) is 19.1 Å². The zero-order valence-electron chi connectivity index (χ0n) is 11.5. The number of rotatable bonds is 5. The van der Waals surface area contributed by atoms with Gasteiger partial charge in [-0.1, -0.05) is 6.07 Å². The van der Waals surface area contributed by atoms with Crippen LogP contribution in [0.5, 0.6) is 0 Å². The molecular weight excluding hydrogens is 258 g/mol. The maximum Gasteiger partial charge on any atom is 0.234 e. The maximum absolute atomic E-state index is 11.9. The highest BCUT2D eigenvalue weighted by molar-refractivity contribution is 5.77. The van der Waals surface area contributed by atoms with E-state index in [1.165, 1.54) is 0 Å². The second-order valence-electron chi connectivity index (χ2n) is 5.29. The summed E-state index contributed by atoms with van der Waals surface area (Å²) < 4.78 is 0. The largest absolute Gasteiger partial charge is 0.393 e. The summed E-state index contributed by atoms with van der Waals surface area (Å²) >= 11 is 0. The molecule has 1 atom stereocenters. The smallest absolute Gasteiger partial charge is 0.234 e. The summed E-state index contributed by atoms with van der Waals surface area (Å²) in [6.45, 7) is 1.46. The molecule has 0 bridgehead atoms. The van der Waals surface area contributed by atoms with E-state index in [4.69, 9.17) is 5.11 Å². The van der Waals surface area contributed by atoms with Gasteiger partial charge in [-0.3, -0.25) is 14.7 Å². The molecule has 0 aromatic carbocycles. The summed E-state index contributed by atoms with van der Waals surface area (Å²) in [5.74, 6) is -0.0992. The topological polar surface area (TPSA) is 85.7 Å². The second-order valence-corrected chi connectivity index (χ2v) is 5.29. The van der Waals surface area contributed by atoms with Gasteiger partial charge in [0.15, 0.2) is 0 Å². The standard InChI is InChI=1S/C14H21N3O3/c18-11-14(20)5-3-7-17(10-14)9-13(19)16-8-12-4-1-2-6-15-12/h1-2,4,6,18,20H,3,5,7-11H2,(H,16,19). The number of amides is 1. The number of carbonyl (C=O) groups excluding carboxylic acids is 1. The normalized spacial score (nSPS) is 23.5. The van der Waals surface area contributed by atoms with Crippen LogP contribution in [0.15, 0.2) is 24.4 Å². The Morgan fingerprint density at radius 2 is 2.35 bits per heavy atom. The molecular formula is C14H21N3O3. The van der Waals surface area contributed by atoms with E-state index < -0.39 is 5.60 Å². The third-order valence-electron chi connectivity index (χ3n) is 3.49. The fraction of sp³-hybridized carbons (Fsp3) is 0.571. The van der Waals surface area contributed by atoms with Crippen molar-refractivity contribution in [2.24, 2.45) is 0 Å². The second kappa shape index (κ2) is 6.78. The Hall–Kier alpha value is -1.50. The van der Waals surface area contributed by atoms with Gasteiger partial charge in [0, 0.05) is 12.7 Å². The summed E-state index contributed by atoms with van der Waals surface area (Å²) in [6.07, 6.45) is 3.05. The van der Waals surface area contributed by atoms with Crippen LogP contribution in [-0.2, 0) is 11.3 Å². The highest BCUT2D eigenvalue weighted by Gasteiger charge is 2.33. The number of nitrogens with one attached hydrogen (secondary N) is 1. The minimum Gasteiger partial charge on any atom is -0.393 e. The molecule has 1 aromatic heterocycles. The number of β-amino-alcohol motifs (C(OH)–C–C–N with tert-alkyl or cyclic N) is 1. The maximum atomic E-state index is 11.9. The highest BCUT2D eigenvalue weighted by Crippen LogP contribution is 2.20. The number of carbonyl (C=O) groups is 1. The molecule has 1 amide bonds. The van der Waals surface area contributed by atoms with Gasteiger partial charge in [0.2, 0.25) is 5.91 Å². The van der Waals surface area contributed by atoms with E-state index in [0.29, 0.717) is 19.5 Å². The lowest BCUT2D eigenvalue weighted by atomic mass is 9.94. The Morgan fingerprint density at radius 3 is 3.05 bits per heavy atom. The van der Waals surface area contributed by atoms with Gasteiger partial charge in [-0.05, 0) is 31.5 Å². The fourth-order valence-electron chi connectivity index (χ4n) is 2.42. The van der Waals surface area contributed by atoms with Crippen molar-refractivity contribution in [2.45, 2.75) is 25.0 Å². The first-order valence-electron chi connectivity index (χ1n) is 6.83. The van der Waals surface area contributed by atoms with Crippen LogP contribution in [0.2, 0.25) is 0 Å². The van der Waals surface area contributed by atoms with Crippen LogP contribution in [0.25, 0.3) is 0 Å². The van der Waals surface area contributed by atoms with Gasteiger partial charge in [0.25, 0.3) is 0 Å². The van der Waals surface area contributed by atoms with Crippen LogP contribution in [0.3, 0.4) is 0 Å². The van der Waals surface area contributed by atoms with E-state index in [1.807, 2.05) is 23.1 Å². The Bertz CT molecular complexity index is 441. The van der Waals surface area contributed by atoms with Crippen LogP contribution >= 0.6 is 0 Å². The van der Waals surface area contributed by atoms with Gasteiger partial charge >= 0.3 is 0 Å². The molecule has 1 aliphatic rings. The number of likely N-dealkylation sites (tertiary alicyclic amines) is 1. The summed E-state index contributed by atoms with van der Waals surface area (Å²) in [5.41, 5.74) is -0.258. The van der Waals surface area contributed by atoms with Crippen molar-refractivity contribution in [3.63, 3.8) is 0 Å². The van der Waals surface area contributed by atoms with Crippen molar-refractivity contribution in [3.8, 4) is 0 Å². The SMILES string of the molecule is O=C(CN1CCCC(O)(CO)C1)NCc1ccccn1. The molecule has 0 aliphatic carbocycles. The van der Waals surface area contributed by atoms with Gasteiger partial charge in [-0.25, -0.2) is 0 Å². The van der Waals surface area contributed by atoms with E-state index in [9.17, 15) is 9.90 Å². The van der Waals surface area contributed by atoms with Gasteiger partial charge in [0.05, 0.1) is 25.4 Å². The third kappa shape index (κ3) is 4.26. The molecule has 0 spiro atoms. The first-order chi connectivity index (χ1) is 9.61. The highest BCUT2D eigenvalue weighted by atomic mass is 16.3. The fourth-order valence-corrected chi connectivity index (χ4v) is 2.42. The predicted molar refractivity (Wildman–Crippen MR) is 73.8 cm³/mol. The Kier molecular flexibility index (Phi) is 5.05. The molecule has 0 radical (unpaired) electrons. The quantitative estimate of drug-likeness (QED) is 0.677. The molecule has 1 aromatic rings. The number of nitrogens with zero attached hydrogens (tertiary/aromatic N) is 2. The molecule has 20 heavy (non-hydrogen) atoms. The van der Waals surface area contributed by atoms with Crippen LogP contribution in [0.4, 0.5) is 0 Å². The summed E-state index contributed by atoms with van der Waals surface area (Å²) in [4.78, 5) is 17.9. The number of aromatic nitrogens is 1. The molecule has 3 N–H and O–H groups in total. The monoisotopic (exact) mass is 279 g/mol. The molecule has 2 rings (SSSR count). The minimum absolute atomic E-state index is 0.0992. The van der Waals surface area contributed by atoms with E-state index >= 15 is 0 Å². The van der Waals surface area contributed by atoms with Crippen molar-refractivity contribution in [1.82, 2.24) is 15.2 Å². The summed E-state index contributed by atoms with van der Waals surface area (Å²) in [7, 11) is 0. The van der Waals surface area contributed by atoms with E-state index in [1.54, 1.807) is 6.20 Å². The van der Waals surface area contributed by atoms with Crippen molar-refractivity contribution < 1.29 is 15.0 Å². The molecule has 1 unspecified atom stereocenters. The van der Waals surface area contributed by atoms with Gasteiger partial charge in [0.1, 0.15) is 5.60 Å². The molecule has 1 aliphatic heterocycles. The number of aliphatic hydroxyl groups is 2. The van der Waals surface area contributed by atoms with Gasteiger partial charge in [-0.2, -0.15) is 0 Å².